The summed E-state index contributed by atoms with van der Waals surface area (Å²) < 4.78 is 0. The zero-order chi connectivity index (χ0) is 15.2. The SMILES string of the molecule is CCC(C(=O)c1ccccc1)N(C)Cc1ccccc1Cl. The molecule has 0 aromatic heterocycles. The number of hydrogen-bond donors (Lipinski definition) is 0. The molecule has 0 aliphatic heterocycles. The van der Waals surface area contributed by atoms with Crippen LogP contribution in [0.25, 0.3) is 0 Å². The highest BCUT2D eigenvalue weighted by atomic mass is 35.5. The van der Waals surface area contributed by atoms with Crippen molar-refractivity contribution < 1.29 is 4.79 Å². The smallest absolute Gasteiger partial charge is 0.179 e. The zero-order valence-corrected chi connectivity index (χ0v) is 13.2. The van der Waals surface area contributed by atoms with Crippen molar-refractivity contribution in [3.63, 3.8) is 0 Å². The van der Waals surface area contributed by atoms with Gasteiger partial charge in [0.05, 0.1) is 6.04 Å². The van der Waals surface area contributed by atoms with Crippen LogP contribution in [0.15, 0.2) is 54.6 Å². The molecule has 2 aromatic rings. The van der Waals surface area contributed by atoms with E-state index in [9.17, 15) is 4.79 Å². The average molecular weight is 302 g/mol. The fourth-order valence-corrected chi connectivity index (χ4v) is 2.69. The van der Waals surface area contributed by atoms with Crippen LogP contribution >= 0.6 is 11.6 Å². The van der Waals surface area contributed by atoms with Gasteiger partial charge in [-0.1, -0.05) is 67.1 Å². The summed E-state index contributed by atoms with van der Waals surface area (Å²) >= 11 is 6.20. The molecule has 0 radical (unpaired) electrons. The first kappa shape index (κ1) is 15.7. The fourth-order valence-electron chi connectivity index (χ4n) is 2.50. The summed E-state index contributed by atoms with van der Waals surface area (Å²) in [5.74, 6) is 0.160. The van der Waals surface area contributed by atoms with Crippen molar-refractivity contribution >= 4 is 17.4 Å². The first-order valence-electron chi connectivity index (χ1n) is 7.16. The summed E-state index contributed by atoms with van der Waals surface area (Å²) in [6.45, 7) is 2.70. The Morgan fingerprint density at radius 3 is 2.33 bits per heavy atom. The molecule has 0 aliphatic carbocycles. The van der Waals surface area contributed by atoms with Gasteiger partial charge in [-0.05, 0) is 25.1 Å². The van der Waals surface area contributed by atoms with E-state index in [4.69, 9.17) is 11.6 Å². The van der Waals surface area contributed by atoms with Crippen LogP contribution in [0.3, 0.4) is 0 Å². The predicted octanol–water partition coefficient (Wildman–Crippen LogP) is 4.43. The Labute approximate surface area is 131 Å². The number of nitrogens with zero attached hydrogens (tertiary/aromatic N) is 1. The minimum absolute atomic E-state index is 0.135. The molecule has 2 rings (SSSR count). The van der Waals surface area contributed by atoms with Gasteiger partial charge in [-0.2, -0.15) is 0 Å². The van der Waals surface area contributed by atoms with E-state index in [0.29, 0.717) is 6.54 Å². The van der Waals surface area contributed by atoms with Gasteiger partial charge < -0.3 is 0 Å². The highest BCUT2D eigenvalue weighted by molar-refractivity contribution is 6.31. The van der Waals surface area contributed by atoms with Crippen molar-refractivity contribution in [2.24, 2.45) is 0 Å². The average Bonchev–Trinajstić information content (AvgIpc) is 2.51. The number of carbonyl (C=O) groups excluding carboxylic acids is 1. The molecule has 0 saturated carbocycles. The Balaban J connectivity index is 2.14. The summed E-state index contributed by atoms with van der Waals surface area (Å²) in [4.78, 5) is 14.7. The van der Waals surface area contributed by atoms with E-state index in [2.05, 4.69) is 4.90 Å². The maximum atomic E-state index is 12.6. The fraction of sp³-hybridized carbons (Fsp3) is 0.278. The molecule has 0 N–H and O–H groups in total. The third kappa shape index (κ3) is 3.93. The number of Topliss-reactive ketones (excluding diaryl/α,β-unsaturated/α-hetero) is 1. The van der Waals surface area contributed by atoms with Crippen molar-refractivity contribution in [1.82, 2.24) is 4.90 Å². The lowest BCUT2D eigenvalue weighted by Gasteiger charge is -2.26. The molecular weight excluding hydrogens is 282 g/mol. The third-order valence-corrected chi connectivity index (χ3v) is 4.03. The van der Waals surface area contributed by atoms with E-state index in [0.717, 1.165) is 22.6 Å². The lowest BCUT2D eigenvalue weighted by molar-refractivity contribution is 0.0838. The molecule has 0 spiro atoms. The van der Waals surface area contributed by atoms with E-state index in [1.54, 1.807) is 0 Å². The van der Waals surface area contributed by atoms with Gasteiger partial charge in [-0.3, -0.25) is 9.69 Å². The molecule has 110 valence electrons. The quantitative estimate of drug-likeness (QED) is 0.736. The van der Waals surface area contributed by atoms with Crippen LogP contribution in [-0.4, -0.2) is 23.8 Å². The van der Waals surface area contributed by atoms with E-state index >= 15 is 0 Å². The standard InChI is InChI=1S/C18H20ClNO/c1-3-17(18(21)14-9-5-4-6-10-14)20(2)13-15-11-7-8-12-16(15)19/h4-12,17H,3,13H2,1-2H3. The highest BCUT2D eigenvalue weighted by Crippen LogP contribution is 2.19. The van der Waals surface area contributed by atoms with Crippen molar-refractivity contribution in [3.05, 3.63) is 70.7 Å². The number of carbonyl (C=O) groups is 1. The molecule has 0 aliphatic rings. The number of hydrogen-bond acceptors (Lipinski definition) is 2. The maximum absolute atomic E-state index is 12.6. The van der Waals surface area contributed by atoms with Crippen LogP contribution in [-0.2, 0) is 6.54 Å². The Morgan fingerprint density at radius 1 is 1.10 bits per heavy atom. The van der Waals surface area contributed by atoms with Gasteiger partial charge >= 0.3 is 0 Å². The summed E-state index contributed by atoms with van der Waals surface area (Å²) in [5.41, 5.74) is 1.80. The largest absolute Gasteiger partial charge is 0.292 e. The minimum Gasteiger partial charge on any atom is -0.292 e. The summed E-state index contributed by atoms with van der Waals surface area (Å²) in [6.07, 6.45) is 0.773. The normalized spacial score (nSPS) is 12.4. The molecule has 3 heteroatoms. The Morgan fingerprint density at radius 2 is 1.71 bits per heavy atom. The molecule has 2 nitrogen and oxygen atoms in total. The van der Waals surface area contributed by atoms with Crippen molar-refractivity contribution in [1.29, 1.82) is 0 Å². The maximum Gasteiger partial charge on any atom is 0.179 e. The van der Waals surface area contributed by atoms with Crippen molar-refractivity contribution in [2.45, 2.75) is 25.9 Å². The van der Waals surface area contributed by atoms with Gasteiger partial charge in [0, 0.05) is 17.1 Å². The molecule has 0 bridgehead atoms. The molecule has 2 aromatic carbocycles. The first-order valence-corrected chi connectivity index (χ1v) is 7.54. The minimum atomic E-state index is -0.135. The second kappa shape index (κ2) is 7.39. The topological polar surface area (TPSA) is 20.3 Å². The van der Waals surface area contributed by atoms with Gasteiger partial charge in [0.1, 0.15) is 0 Å². The summed E-state index contributed by atoms with van der Waals surface area (Å²) in [6, 6.07) is 17.1. The molecular formula is C18H20ClNO. The molecule has 21 heavy (non-hydrogen) atoms. The monoisotopic (exact) mass is 301 g/mol. The van der Waals surface area contributed by atoms with E-state index in [-0.39, 0.29) is 11.8 Å². The van der Waals surface area contributed by atoms with E-state index in [1.165, 1.54) is 0 Å². The third-order valence-electron chi connectivity index (χ3n) is 3.66. The lowest BCUT2D eigenvalue weighted by atomic mass is 10.0. The van der Waals surface area contributed by atoms with E-state index in [1.807, 2.05) is 68.6 Å². The van der Waals surface area contributed by atoms with Gasteiger partial charge in [-0.15, -0.1) is 0 Å². The number of likely N-dealkylation sites (N-methyl/N-ethyl adjacent to an activating group) is 1. The second-order valence-corrected chi connectivity index (χ2v) is 5.57. The zero-order valence-electron chi connectivity index (χ0n) is 12.4. The van der Waals surface area contributed by atoms with Crippen LogP contribution in [0.1, 0.15) is 29.3 Å². The van der Waals surface area contributed by atoms with Crippen molar-refractivity contribution in [3.8, 4) is 0 Å². The van der Waals surface area contributed by atoms with Gasteiger partial charge in [0.15, 0.2) is 5.78 Å². The number of benzene rings is 2. The van der Waals surface area contributed by atoms with Gasteiger partial charge in [-0.25, -0.2) is 0 Å². The van der Waals surface area contributed by atoms with Gasteiger partial charge in [0.25, 0.3) is 0 Å². The molecule has 1 atom stereocenters. The molecule has 1 unspecified atom stereocenters. The Bertz CT molecular complexity index is 597. The molecule has 0 fully saturated rings. The first-order chi connectivity index (χ1) is 10.1. The molecule has 0 saturated heterocycles. The summed E-state index contributed by atoms with van der Waals surface area (Å²) in [5, 5.41) is 0.742. The number of ketones is 1. The number of rotatable bonds is 6. The van der Waals surface area contributed by atoms with Crippen LogP contribution < -0.4 is 0 Å². The molecule has 0 amide bonds. The number of halogens is 1. The van der Waals surface area contributed by atoms with Crippen LogP contribution in [0.2, 0.25) is 5.02 Å². The molecule has 0 heterocycles. The Hall–Kier alpha value is -1.64. The van der Waals surface area contributed by atoms with E-state index < -0.39 is 0 Å². The second-order valence-electron chi connectivity index (χ2n) is 5.16. The lowest BCUT2D eigenvalue weighted by Crippen LogP contribution is -2.37. The van der Waals surface area contributed by atoms with Crippen LogP contribution in [0, 0.1) is 0 Å². The van der Waals surface area contributed by atoms with Gasteiger partial charge in [0.2, 0.25) is 0 Å². The predicted molar refractivity (Wildman–Crippen MR) is 87.8 cm³/mol. The summed E-state index contributed by atoms with van der Waals surface area (Å²) in [7, 11) is 1.97. The van der Waals surface area contributed by atoms with Crippen LogP contribution in [0.4, 0.5) is 0 Å². The van der Waals surface area contributed by atoms with Crippen LogP contribution in [0.5, 0.6) is 0 Å². The Kier molecular flexibility index (Phi) is 5.54. The van der Waals surface area contributed by atoms with Crippen molar-refractivity contribution in [2.75, 3.05) is 7.05 Å². The highest BCUT2D eigenvalue weighted by Gasteiger charge is 2.22.